The summed E-state index contributed by atoms with van der Waals surface area (Å²) in [6.07, 6.45) is 8.76. The average Bonchev–Trinajstić information content (AvgIpc) is 2.35. The summed E-state index contributed by atoms with van der Waals surface area (Å²) in [4.78, 5) is 13.9. The van der Waals surface area contributed by atoms with Gasteiger partial charge in [0.05, 0.1) is 6.04 Å². The van der Waals surface area contributed by atoms with Crippen molar-refractivity contribution >= 4 is 5.91 Å². The zero-order valence-electron chi connectivity index (χ0n) is 12.3. The second-order valence-electron chi connectivity index (χ2n) is 6.29. The first kappa shape index (κ1) is 15.5. The van der Waals surface area contributed by atoms with Gasteiger partial charge in [0.25, 0.3) is 0 Å². The number of nitrogens with zero attached hydrogens (tertiary/aromatic N) is 1. The summed E-state index contributed by atoms with van der Waals surface area (Å²) in [5.74, 6) is 1.42. The summed E-state index contributed by atoms with van der Waals surface area (Å²) in [7, 11) is 1.89. The maximum Gasteiger partial charge on any atom is 0.239 e. The van der Waals surface area contributed by atoms with E-state index in [0.29, 0.717) is 5.92 Å². The molecule has 0 unspecified atom stereocenters. The van der Waals surface area contributed by atoms with Gasteiger partial charge in [0.2, 0.25) is 5.91 Å². The normalized spacial score (nSPS) is 18.9. The second kappa shape index (κ2) is 7.78. The number of carbonyl (C=O) groups is 1. The van der Waals surface area contributed by atoms with E-state index in [-0.39, 0.29) is 11.9 Å². The lowest BCUT2D eigenvalue weighted by atomic mass is 9.87. The van der Waals surface area contributed by atoms with E-state index in [9.17, 15) is 4.79 Å². The van der Waals surface area contributed by atoms with Gasteiger partial charge in [-0.3, -0.25) is 4.79 Å². The van der Waals surface area contributed by atoms with Crippen molar-refractivity contribution in [3.05, 3.63) is 0 Å². The molecular formula is C15H30N2O. The van der Waals surface area contributed by atoms with E-state index >= 15 is 0 Å². The van der Waals surface area contributed by atoms with Gasteiger partial charge in [-0.25, -0.2) is 0 Å². The molecule has 1 rings (SSSR count). The van der Waals surface area contributed by atoms with Gasteiger partial charge in [0.1, 0.15) is 0 Å². The van der Waals surface area contributed by atoms with Gasteiger partial charge in [-0.1, -0.05) is 46.0 Å². The third kappa shape index (κ3) is 5.38. The van der Waals surface area contributed by atoms with Crippen molar-refractivity contribution in [2.24, 2.45) is 17.6 Å². The SMILES string of the molecule is CC(C)C[C@H](N)C(=O)N(C)CCC1CCCCC1. The molecule has 0 bridgehead atoms. The molecule has 3 nitrogen and oxygen atoms in total. The second-order valence-corrected chi connectivity index (χ2v) is 6.29. The standard InChI is InChI=1S/C15H30N2O/c1-12(2)11-14(16)15(18)17(3)10-9-13-7-5-4-6-8-13/h12-14H,4-11,16H2,1-3H3/t14-/m0/s1. The molecule has 0 aliphatic heterocycles. The Labute approximate surface area is 112 Å². The van der Waals surface area contributed by atoms with E-state index in [4.69, 9.17) is 5.73 Å². The van der Waals surface area contributed by atoms with Crippen molar-refractivity contribution in [3.63, 3.8) is 0 Å². The van der Waals surface area contributed by atoms with E-state index in [0.717, 1.165) is 25.3 Å². The highest BCUT2D eigenvalue weighted by Crippen LogP contribution is 2.26. The van der Waals surface area contributed by atoms with Crippen LogP contribution in [0.25, 0.3) is 0 Å². The van der Waals surface area contributed by atoms with Crippen LogP contribution in [0.4, 0.5) is 0 Å². The van der Waals surface area contributed by atoms with Crippen molar-refractivity contribution in [2.75, 3.05) is 13.6 Å². The highest BCUT2D eigenvalue weighted by Gasteiger charge is 2.20. The van der Waals surface area contributed by atoms with Gasteiger partial charge in [0, 0.05) is 13.6 Å². The Morgan fingerprint density at radius 2 is 1.89 bits per heavy atom. The largest absolute Gasteiger partial charge is 0.344 e. The van der Waals surface area contributed by atoms with Crippen molar-refractivity contribution in [2.45, 2.75) is 64.8 Å². The highest BCUT2D eigenvalue weighted by molar-refractivity contribution is 5.81. The van der Waals surface area contributed by atoms with Crippen LogP contribution >= 0.6 is 0 Å². The molecule has 1 atom stereocenters. The maximum absolute atomic E-state index is 12.1. The van der Waals surface area contributed by atoms with E-state index in [1.54, 1.807) is 0 Å². The lowest BCUT2D eigenvalue weighted by molar-refractivity contribution is -0.131. The third-order valence-corrected chi connectivity index (χ3v) is 4.02. The zero-order chi connectivity index (χ0) is 13.5. The lowest BCUT2D eigenvalue weighted by Crippen LogP contribution is -2.43. The Bertz CT molecular complexity index is 247. The molecule has 0 aromatic heterocycles. The molecule has 18 heavy (non-hydrogen) atoms. The summed E-state index contributed by atoms with van der Waals surface area (Å²) in [6.45, 7) is 5.08. The topological polar surface area (TPSA) is 46.3 Å². The first-order chi connectivity index (χ1) is 8.50. The smallest absolute Gasteiger partial charge is 0.239 e. The van der Waals surface area contributed by atoms with E-state index in [1.807, 2.05) is 11.9 Å². The molecule has 0 saturated heterocycles. The van der Waals surface area contributed by atoms with Gasteiger partial charge >= 0.3 is 0 Å². The average molecular weight is 254 g/mol. The Morgan fingerprint density at radius 1 is 1.28 bits per heavy atom. The molecule has 0 spiro atoms. The fourth-order valence-electron chi connectivity index (χ4n) is 2.85. The fourth-order valence-corrected chi connectivity index (χ4v) is 2.85. The molecular weight excluding hydrogens is 224 g/mol. The van der Waals surface area contributed by atoms with Crippen molar-refractivity contribution in [1.82, 2.24) is 4.90 Å². The number of hydrogen-bond acceptors (Lipinski definition) is 2. The number of hydrogen-bond donors (Lipinski definition) is 1. The predicted octanol–water partition coefficient (Wildman–Crippen LogP) is 2.79. The summed E-state index contributed by atoms with van der Waals surface area (Å²) < 4.78 is 0. The Morgan fingerprint density at radius 3 is 2.44 bits per heavy atom. The molecule has 1 aliphatic rings. The summed E-state index contributed by atoms with van der Waals surface area (Å²) in [5, 5.41) is 0. The van der Waals surface area contributed by atoms with Crippen LogP contribution in [-0.4, -0.2) is 30.4 Å². The molecule has 0 aromatic carbocycles. The van der Waals surface area contributed by atoms with E-state index < -0.39 is 0 Å². The molecule has 1 fully saturated rings. The molecule has 2 N–H and O–H groups in total. The molecule has 1 amide bonds. The Balaban J connectivity index is 2.26. The van der Waals surface area contributed by atoms with Gasteiger partial charge in [-0.15, -0.1) is 0 Å². The zero-order valence-corrected chi connectivity index (χ0v) is 12.3. The highest BCUT2D eigenvalue weighted by atomic mass is 16.2. The minimum absolute atomic E-state index is 0.111. The quantitative estimate of drug-likeness (QED) is 0.792. The predicted molar refractivity (Wildman–Crippen MR) is 76.3 cm³/mol. The minimum Gasteiger partial charge on any atom is -0.344 e. The molecule has 3 heteroatoms. The Hall–Kier alpha value is -0.570. The number of likely N-dealkylation sites (N-methyl/N-ethyl adjacent to an activating group) is 1. The molecule has 1 saturated carbocycles. The van der Waals surface area contributed by atoms with Crippen molar-refractivity contribution in [1.29, 1.82) is 0 Å². The van der Waals surface area contributed by atoms with Gasteiger partial charge in [-0.2, -0.15) is 0 Å². The van der Waals surface area contributed by atoms with Crippen LogP contribution in [0.3, 0.4) is 0 Å². The van der Waals surface area contributed by atoms with Crippen LogP contribution in [0.2, 0.25) is 0 Å². The lowest BCUT2D eigenvalue weighted by Gasteiger charge is -2.26. The monoisotopic (exact) mass is 254 g/mol. The first-order valence-electron chi connectivity index (χ1n) is 7.51. The van der Waals surface area contributed by atoms with Gasteiger partial charge < -0.3 is 10.6 Å². The Kier molecular flexibility index (Phi) is 6.69. The van der Waals surface area contributed by atoms with Crippen LogP contribution in [0.5, 0.6) is 0 Å². The molecule has 0 aromatic rings. The molecule has 0 heterocycles. The van der Waals surface area contributed by atoms with Crippen molar-refractivity contribution < 1.29 is 4.79 Å². The summed E-state index contributed by atoms with van der Waals surface area (Å²) in [5.41, 5.74) is 5.94. The third-order valence-electron chi connectivity index (χ3n) is 4.02. The molecule has 106 valence electrons. The number of nitrogens with two attached hydrogens (primary N) is 1. The summed E-state index contributed by atoms with van der Waals surface area (Å²) >= 11 is 0. The van der Waals surface area contributed by atoms with Crippen molar-refractivity contribution in [3.8, 4) is 0 Å². The maximum atomic E-state index is 12.1. The van der Waals surface area contributed by atoms with Crippen LogP contribution in [-0.2, 0) is 4.79 Å². The number of amides is 1. The van der Waals surface area contributed by atoms with Crippen LogP contribution in [0.1, 0.15) is 58.8 Å². The minimum atomic E-state index is -0.318. The van der Waals surface area contributed by atoms with E-state index in [2.05, 4.69) is 13.8 Å². The van der Waals surface area contributed by atoms with Gasteiger partial charge in [-0.05, 0) is 24.7 Å². The molecule has 0 radical (unpaired) electrons. The number of carbonyl (C=O) groups excluding carboxylic acids is 1. The fraction of sp³-hybridized carbons (Fsp3) is 0.933. The van der Waals surface area contributed by atoms with Crippen LogP contribution < -0.4 is 5.73 Å². The first-order valence-corrected chi connectivity index (χ1v) is 7.51. The number of rotatable bonds is 6. The van der Waals surface area contributed by atoms with Gasteiger partial charge in [0.15, 0.2) is 0 Å². The van der Waals surface area contributed by atoms with Crippen LogP contribution in [0.15, 0.2) is 0 Å². The van der Waals surface area contributed by atoms with Crippen LogP contribution in [0, 0.1) is 11.8 Å². The molecule has 1 aliphatic carbocycles. The summed E-state index contributed by atoms with van der Waals surface area (Å²) in [6, 6.07) is -0.318. The van der Waals surface area contributed by atoms with E-state index in [1.165, 1.54) is 32.1 Å².